The zero-order valence-corrected chi connectivity index (χ0v) is 14.2. The molecule has 0 aliphatic rings. The minimum absolute atomic E-state index is 0.0602. The van der Waals surface area contributed by atoms with Crippen molar-refractivity contribution in [1.29, 1.82) is 0 Å². The predicted molar refractivity (Wildman–Crippen MR) is 89.4 cm³/mol. The fourth-order valence-electron chi connectivity index (χ4n) is 2.18. The lowest BCUT2D eigenvalue weighted by atomic mass is 10.3. The van der Waals surface area contributed by atoms with Crippen LogP contribution < -0.4 is 4.72 Å². The van der Waals surface area contributed by atoms with Crippen molar-refractivity contribution in [2.24, 2.45) is 0 Å². The van der Waals surface area contributed by atoms with Gasteiger partial charge in [-0.1, -0.05) is 13.0 Å². The van der Waals surface area contributed by atoms with E-state index >= 15 is 0 Å². The maximum Gasteiger partial charge on any atom is 0.266 e. The zero-order chi connectivity index (χ0) is 17.2. The van der Waals surface area contributed by atoms with Crippen LogP contribution in [0.3, 0.4) is 0 Å². The molecule has 1 atom stereocenters. The number of aromatic nitrogens is 5. The Kier molecular flexibility index (Phi) is 4.34. The number of pyridine rings is 1. The number of nitrogens with zero attached hydrogens (tertiary/aromatic N) is 5. The third-order valence-corrected chi connectivity index (χ3v) is 4.98. The Morgan fingerprint density at radius 1 is 1.21 bits per heavy atom. The predicted octanol–water partition coefficient (Wildman–Crippen LogP) is 2.24. The molecule has 0 aromatic carbocycles. The molecule has 126 valence electrons. The van der Waals surface area contributed by atoms with Crippen molar-refractivity contribution in [2.75, 3.05) is 4.72 Å². The van der Waals surface area contributed by atoms with E-state index in [9.17, 15) is 8.42 Å². The van der Waals surface area contributed by atoms with Crippen molar-refractivity contribution in [1.82, 2.24) is 24.5 Å². The first-order valence-electron chi connectivity index (χ1n) is 7.53. The Labute approximate surface area is 140 Å². The second kappa shape index (κ2) is 6.44. The molecule has 9 heteroatoms. The molecule has 0 radical (unpaired) electrons. The number of rotatable bonds is 6. The summed E-state index contributed by atoms with van der Waals surface area (Å²) in [5.41, 5.74) is 0. The highest BCUT2D eigenvalue weighted by molar-refractivity contribution is 7.92. The van der Waals surface area contributed by atoms with Gasteiger partial charge in [0.05, 0.1) is 24.6 Å². The summed E-state index contributed by atoms with van der Waals surface area (Å²) in [7, 11) is -3.76. The molecule has 1 N–H and O–H groups in total. The van der Waals surface area contributed by atoms with Crippen molar-refractivity contribution >= 4 is 15.8 Å². The molecular weight excluding hydrogens is 328 g/mol. The highest BCUT2D eigenvalue weighted by atomic mass is 32.2. The number of anilines is 1. The number of nitrogens with one attached hydrogen (secondary N) is 1. The van der Waals surface area contributed by atoms with Gasteiger partial charge in [0.15, 0.2) is 5.82 Å². The molecule has 0 saturated carbocycles. The monoisotopic (exact) mass is 346 g/mol. The van der Waals surface area contributed by atoms with E-state index in [4.69, 9.17) is 0 Å². The Bertz CT molecular complexity index is 916. The van der Waals surface area contributed by atoms with Crippen molar-refractivity contribution in [2.45, 2.75) is 31.2 Å². The average Bonchev–Trinajstić information content (AvgIpc) is 3.24. The quantitative estimate of drug-likeness (QED) is 0.738. The molecule has 3 heterocycles. The Hall–Kier alpha value is -2.68. The molecule has 3 aromatic heterocycles. The largest absolute Gasteiger partial charge is 0.266 e. The van der Waals surface area contributed by atoms with Crippen LogP contribution in [-0.2, 0) is 10.0 Å². The van der Waals surface area contributed by atoms with Gasteiger partial charge in [-0.3, -0.25) is 4.72 Å². The summed E-state index contributed by atoms with van der Waals surface area (Å²) in [6.07, 6.45) is 6.75. The topological polar surface area (TPSA) is 94.7 Å². The summed E-state index contributed by atoms with van der Waals surface area (Å²) in [6.45, 7) is 3.99. The Morgan fingerprint density at radius 3 is 2.75 bits per heavy atom. The molecule has 3 aromatic rings. The zero-order valence-electron chi connectivity index (χ0n) is 13.4. The third-order valence-electron chi connectivity index (χ3n) is 3.67. The molecular formula is C15H18N6O2S. The van der Waals surface area contributed by atoms with E-state index in [0.29, 0.717) is 11.6 Å². The molecule has 8 nitrogen and oxygen atoms in total. The molecule has 0 bridgehead atoms. The van der Waals surface area contributed by atoms with Gasteiger partial charge in [0.25, 0.3) is 10.0 Å². The summed E-state index contributed by atoms with van der Waals surface area (Å²) in [5.74, 6) is 0.971. The van der Waals surface area contributed by atoms with Crippen LogP contribution in [0.4, 0.5) is 5.82 Å². The summed E-state index contributed by atoms with van der Waals surface area (Å²) in [4.78, 5) is 4.20. The van der Waals surface area contributed by atoms with Gasteiger partial charge in [0, 0.05) is 12.3 Å². The van der Waals surface area contributed by atoms with Gasteiger partial charge in [0.1, 0.15) is 10.7 Å². The first kappa shape index (κ1) is 16.2. The van der Waals surface area contributed by atoms with Crippen LogP contribution in [0.5, 0.6) is 0 Å². The minimum atomic E-state index is -3.76. The van der Waals surface area contributed by atoms with Gasteiger partial charge < -0.3 is 0 Å². The molecule has 3 rings (SSSR count). The lowest BCUT2D eigenvalue weighted by molar-refractivity contribution is 0.484. The number of hydrogen-bond acceptors (Lipinski definition) is 5. The third kappa shape index (κ3) is 3.16. The average molecular weight is 346 g/mol. The van der Waals surface area contributed by atoms with Crippen LogP contribution in [0.25, 0.3) is 5.82 Å². The standard InChI is InChI=1S/C15H18N6O2S/c1-3-12(2)21-15(7-9-17-21)19-24(22,23)13-10-18-20(11-13)14-6-4-5-8-16-14/h4-12,19H,3H2,1-2H3/t12-/m1/s1. The van der Waals surface area contributed by atoms with Crippen LogP contribution in [0, 0.1) is 0 Å². The Balaban J connectivity index is 1.87. The van der Waals surface area contributed by atoms with Gasteiger partial charge in [0.2, 0.25) is 0 Å². The van der Waals surface area contributed by atoms with Gasteiger partial charge >= 0.3 is 0 Å². The molecule has 0 aliphatic heterocycles. The smallest absolute Gasteiger partial charge is 0.263 e. The van der Waals surface area contributed by atoms with E-state index in [-0.39, 0.29) is 10.9 Å². The Morgan fingerprint density at radius 2 is 2.04 bits per heavy atom. The summed E-state index contributed by atoms with van der Waals surface area (Å²) >= 11 is 0. The van der Waals surface area contributed by atoms with Gasteiger partial charge in [-0.2, -0.15) is 10.2 Å². The summed E-state index contributed by atoms with van der Waals surface area (Å²) < 4.78 is 30.8. The van der Waals surface area contributed by atoms with E-state index < -0.39 is 10.0 Å². The molecule has 0 aliphatic carbocycles. The maximum absolute atomic E-state index is 12.6. The molecule has 0 spiro atoms. The van der Waals surface area contributed by atoms with Crippen LogP contribution in [0.15, 0.2) is 53.9 Å². The minimum Gasteiger partial charge on any atom is -0.263 e. The summed E-state index contributed by atoms with van der Waals surface area (Å²) in [5, 5.41) is 8.24. The second-order valence-corrected chi connectivity index (χ2v) is 7.01. The molecule has 0 fully saturated rings. The van der Waals surface area contributed by atoms with Crippen LogP contribution in [0.1, 0.15) is 26.3 Å². The molecule has 24 heavy (non-hydrogen) atoms. The van der Waals surface area contributed by atoms with Crippen molar-refractivity contribution in [3.63, 3.8) is 0 Å². The maximum atomic E-state index is 12.6. The SMILES string of the molecule is CC[C@@H](C)n1nccc1NS(=O)(=O)c1cnn(-c2ccccn2)c1. The lowest BCUT2D eigenvalue weighted by Gasteiger charge is -2.14. The van der Waals surface area contributed by atoms with E-state index in [2.05, 4.69) is 19.9 Å². The van der Waals surface area contributed by atoms with E-state index in [1.165, 1.54) is 17.1 Å². The second-order valence-electron chi connectivity index (χ2n) is 5.33. The van der Waals surface area contributed by atoms with Gasteiger partial charge in [-0.15, -0.1) is 0 Å². The van der Waals surface area contributed by atoms with E-state index in [1.54, 1.807) is 41.3 Å². The molecule has 0 unspecified atom stereocenters. The van der Waals surface area contributed by atoms with Crippen molar-refractivity contribution in [3.8, 4) is 5.82 Å². The highest BCUT2D eigenvalue weighted by Gasteiger charge is 2.20. The number of sulfonamides is 1. The summed E-state index contributed by atoms with van der Waals surface area (Å²) in [6, 6.07) is 7.06. The van der Waals surface area contributed by atoms with Crippen molar-refractivity contribution < 1.29 is 8.42 Å². The fourth-order valence-corrected chi connectivity index (χ4v) is 3.15. The fraction of sp³-hybridized carbons (Fsp3) is 0.267. The van der Waals surface area contributed by atoms with Gasteiger partial charge in [-0.25, -0.2) is 22.8 Å². The molecule has 0 saturated heterocycles. The van der Waals surface area contributed by atoms with Gasteiger partial charge in [-0.05, 0) is 25.5 Å². The number of hydrogen-bond donors (Lipinski definition) is 1. The van der Waals surface area contributed by atoms with E-state index in [0.717, 1.165) is 6.42 Å². The van der Waals surface area contributed by atoms with Crippen molar-refractivity contribution in [3.05, 3.63) is 49.1 Å². The molecule has 0 amide bonds. The van der Waals surface area contributed by atoms with Crippen LogP contribution >= 0.6 is 0 Å². The first-order valence-corrected chi connectivity index (χ1v) is 9.02. The normalized spacial score (nSPS) is 12.9. The lowest BCUT2D eigenvalue weighted by Crippen LogP contribution is -2.17. The first-order chi connectivity index (χ1) is 11.5. The van der Waals surface area contributed by atoms with E-state index in [1.807, 2.05) is 13.8 Å². The highest BCUT2D eigenvalue weighted by Crippen LogP contribution is 2.20. The van der Waals surface area contributed by atoms with Crippen LogP contribution in [0.2, 0.25) is 0 Å². The van der Waals surface area contributed by atoms with Crippen LogP contribution in [-0.4, -0.2) is 33.0 Å².